The van der Waals surface area contributed by atoms with E-state index in [9.17, 15) is 17.6 Å². The predicted molar refractivity (Wildman–Crippen MR) is 86.5 cm³/mol. The van der Waals surface area contributed by atoms with Gasteiger partial charge in [-0.3, -0.25) is 4.79 Å². The average molecular weight is 353 g/mol. The molecule has 2 aromatic rings. The Hall–Kier alpha value is -2.61. The molecule has 0 aliphatic rings. The smallest absolute Gasteiger partial charge is 0.268 e. The van der Waals surface area contributed by atoms with E-state index in [4.69, 9.17) is 9.47 Å². The van der Waals surface area contributed by atoms with Crippen LogP contribution in [-0.2, 0) is 10.0 Å². The van der Waals surface area contributed by atoms with Crippen LogP contribution in [0.25, 0.3) is 0 Å². The Balaban J connectivity index is 2.36. The highest BCUT2D eigenvalue weighted by Crippen LogP contribution is 2.33. The lowest BCUT2D eigenvalue weighted by atomic mass is 10.1. The van der Waals surface area contributed by atoms with Gasteiger partial charge in [-0.2, -0.15) is 4.39 Å². The number of amides is 1. The standard InChI is InChI=1S/C16H16FNO5S/c1-10-4-6-11(7-5-10)23-13-9-8-12(15(22-2)14(13)17)16(19)18-24(3,20)21/h4-9H,1-3H3,(H,18,19). The van der Waals surface area contributed by atoms with Gasteiger partial charge < -0.3 is 9.47 Å². The van der Waals surface area contributed by atoms with Gasteiger partial charge in [0.15, 0.2) is 11.5 Å². The van der Waals surface area contributed by atoms with Crippen molar-refractivity contribution in [1.82, 2.24) is 4.72 Å². The van der Waals surface area contributed by atoms with Crippen molar-refractivity contribution in [2.24, 2.45) is 0 Å². The first kappa shape index (κ1) is 17.7. The molecule has 0 aliphatic carbocycles. The van der Waals surface area contributed by atoms with E-state index in [1.165, 1.54) is 19.2 Å². The van der Waals surface area contributed by atoms with Gasteiger partial charge in [-0.25, -0.2) is 13.1 Å². The summed E-state index contributed by atoms with van der Waals surface area (Å²) in [5.41, 5.74) is 0.768. The minimum Gasteiger partial charge on any atom is -0.493 e. The van der Waals surface area contributed by atoms with Crippen LogP contribution in [0.5, 0.6) is 17.2 Å². The van der Waals surface area contributed by atoms with E-state index >= 15 is 0 Å². The van der Waals surface area contributed by atoms with E-state index in [1.54, 1.807) is 29.0 Å². The number of carbonyl (C=O) groups excluding carboxylic acids is 1. The van der Waals surface area contributed by atoms with Crippen LogP contribution in [0.15, 0.2) is 36.4 Å². The number of halogens is 1. The van der Waals surface area contributed by atoms with Gasteiger partial charge in [-0.05, 0) is 31.2 Å². The highest BCUT2D eigenvalue weighted by atomic mass is 32.2. The lowest BCUT2D eigenvalue weighted by Gasteiger charge is -2.13. The number of methoxy groups -OCH3 is 1. The third-order valence-corrected chi connectivity index (χ3v) is 3.59. The molecule has 128 valence electrons. The molecule has 0 aliphatic heterocycles. The summed E-state index contributed by atoms with van der Waals surface area (Å²) in [6, 6.07) is 9.41. The highest BCUT2D eigenvalue weighted by molar-refractivity contribution is 7.89. The number of benzene rings is 2. The summed E-state index contributed by atoms with van der Waals surface area (Å²) in [7, 11) is -2.61. The van der Waals surface area contributed by atoms with Crippen molar-refractivity contribution in [3.05, 3.63) is 53.3 Å². The first-order chi connectivity index (χ1) is 11.2. The fourth-order valence-electron chi connectivity index (χ4n) is 1.95. The van der Waals surface area contributed by atoms with Crippen LogP contribution < -0.4 is 14.2 Å². The molecule has 24 heavy (non-hydrogen) atoms. The molecule has 0 heterocycles. The maximum absolute atomic E-state index is 14.5. The summed E-state index contributed by atoms with van der Waals surface area (Å²) in [5, 5.41) is 0. The molecule has 0 radical (unpaired) electrons. The second-order valence-corrected chi connectivity index (χ2v) is 6.83. The zero-order chi connectivity index (χ0) is 17.9. The first-order valence-electron chi connectivity index (χ1n) is 6.84. The van der Waals surface area contributed by atoms with Crippen LogP contribution in [0, 0.1) is 12.7 Å². The van der Waals surface area contributed by atoms with Crippen LogP contribution in [0.1, 0.15) is 15.9 Å². The molecule has 0 saturated heterocycles. The minimum atomic E-state index is -3.78. The van der Waals surface area contributed by atoms with Crippen molar-refractivity contribution >= 4 is 15.9 Å². The van der Waals surface area contributed by atoms with Crippen molar-refractivity contribution in [2.45, 2.75) is 6.92 Å². The lowest BCUT2D eigenvalue weighted by Crippen LogP contribution is -2.29. The fraction of sp³-hybridized carbons (Fsp3) is 0.188. The molecule has 6 nitrogen and oxygen atoms in total. The van der Waals surface area contributed by atoms with Crippen LogP contribution >= 0.6 is 0 Å². The number of hydrogen-bond acceptors (Lipinski definition) is 5. The van der Waals surface area contributed by atoms with Gasteiger partial charge in [0.2, 0.25) is 15.8 Å². The second kappa shape index (κ2) is 6.88. The first-order valence-corrected chi connectivity index (χ1v) is 8.73. The molecule has 0 spiro atoms. The number of sulfonamides is 1. The maximum Gasteiger partial charge on any atom is 0.268 e. The molecule has 2 aromatic carbocycles. The molecule has 0 bridgehead atoms. The third-order valence-electron chi connectivity index (χ3n) is 3.04. The summed E-state index contributed by atoms with van der Waals surface area (Å²) in [6.45, 7) is 1.91. The molecule has 2 rings (SSSR count). The Morgan fingerprint density at radius 1 is 1.12 bits per heavy atom. The molecule has 0 fully saturated rings. The summed E-state index contributed by atoms with van der Waals surface area (Å²) in [6.07, 6.45) is 0.822. The molecular weight excluding hydrogens is 337 g/mol. The molecule has 0 aromatic heterocycles. The Morgan fingerprint density at radius 3 is 2.29 bits per heavy atom. The average Bonchev–Trinajstić information content (AvgIpc) is 2.49. The van der Waals surface area contributed by atoms with Crippen LogP contribution in [0.2, 0.25) is 0 Å². The summed E-state index contributed by atoms with van der Waals surface area (Å²) in [5.74, 6) is -2.03. The van der Waals surface area contributed by atoms with Crippen LogP contribution in [-0.4, -0.2) is 27.7 Å². The van der Waals surface area contributed by atoms with Crippen molar-refractivity contribution in [3.8, 4) is 17.2 Å². The second-order valence-electron chi connectivity index (χ2n) is 5.08. The third kappa shape index (κ3) is 4.23. The monoisotopic (exact) mass is 353 g/mol. The van der Waals surface area contributed by atoms with E-state index in [0.29, 0.717) is 5.75 Å². The fourth-order valence-corrected chi connectivity index (χ4v) is 2.40. The molecular formula is C16H16FNO5S. The van der Waals surface area contributed by atoms with E-state index in [0.717, 1.165) is 11.8 Å². The van der Waals surface area contributed by atoms with Gasteiger partial charge in [0.25, 0.3) is 5.91 Å². The zero-order valence-corrected chi connectivity index (χ0v) is 14.1. The maximum atomic E-state index is 14.5. The normalized spacial score (nSPS) is 11.0. The molecule has 1 amide bonds. The molecule has 0 saturated carbocycles. The Bertz CT molecular complexity index is 863. The molecule has 0 atom stereocenters. The zero-order valence-electron chi connectivity index (χ0n) is 13.3. The van der Waals surface area contributed by atoms with Crippen LogP contribution in [0.3, 0.4) is 0 Å². The Kier molecular flexibility index (Phi) is 5.08. The number of carbonyl (C=O) groups is 1. The number of rotatable bonds is 5. The van der Waals surface area contributed by atoms with Crippen molar-refractivity contribution in [2.75, 3.05) is 13.4 Å². The van der Waals surface area contributed by atoms with Gasteiger partial charge in [-0.1, -0.05) is 17.7 Å². The SMILES string of the molecule is COc1c(C(=O)NS(C)(=O)=O)ccc(Oc2ccc(C)cc2)c1F. The van der Waals surface area contributed by atoms with Crippen LogP contribution in [0.4, 0.5) is 4.39 Å². The van der Waals surface area contributed by atoms with Gasteiger partial charge in [0, 0.05) is 0 Å². The number of hydrogen-bond donors (Lipinski definition) is 1. The van der Waals surface area contributed by atoms with E-state index < -0.39 is 27.5 Å². The van der Waals surface area contributed by atoms with Gasteiger partial charge >= 0.3 is 0 Å². The number of aryl methyl sites for hydroxylation is 1. The summed E-state index contributed by atoms with van der Waals surface area (Å²) < 4.78 is 48.9. The van der Waals surface area contributed by atoms with Crippen molar-refractivity contribution in [1.29, 1.82) is 0 Å². The van der Waals surface area contributed by atoms with E-state index in [-0.39, 0.29) is 11.3 Å². The molecule has 1 N–H and O–H groups in total. The number of ether oxygens (including phenoxy) is 2. The van der Waals surface area contributed by atoms with E-state index in [1.807, 2.05) is 6.92 Å². The highest BCUT2D eigenvalue weighted by Gasteiger charge is 2.22. The largest absolute Gasteiger partial charge is 0.493 e. The minimum absolute atomic E-state index is 0.147. The quantitative estimate of drug-likeness (QED) is 0.894. The Labute approximate surface area is 139 Å². The Morgan fingerprint density at radius 2 is 1.75 bits per heavy atom. The van der Waals surface area contributed by atoms with E-state index in [2.05, 4.69) is 0 Å². The molecule has 0 unspecified atom stereocenters. The topological polar surface area (TPSA) is 81.7 Å². The lowest BCUT2D eigenvalue weighted by molar-refractivity contribution is 0.0977. The summed E-state index contributed by atoms with van der Waals surface area (Å²) >= 11 is 0. The predicted octanol–water partition coefficient (Wildman–Crippen LogP) is 2.62. The van der Waals surface area contributed by atoms with Crippen molar-refractivity contribution < 1.29 is 27.1 Å². The van der Waals surface area contributed by atoms with Gasteiger partial charge in [0.05, 0.1) is 18.9 Å². The van der Waals surface area contributed by atoms with Gasteiger partial charge in [-0.15, -0.1) is 0 Å². The molecule has 8 heteroatoms. The van der Waals surface area contributed by atoms with Gasteiger partial charge in [0.1, 0.15) is 5.75 Å². The number of nitrogens with one attached hydrogen (secondary N) is 1. The van der Waals surface area contributed by atoms with Crippen molar-refractivity contribution in [3.63, 3.8) is 0 Å². The summed E-state index contributed by atoms with van der Waals surface area (Å²) in [4.78, 5) is 11.9.